The highest BCUT2D eigenvalue weighted by Crippen LogP contribution is 2.18. The van der Waals surface area contributed by atoms with Crippen molar-refractivity contribution in [2.75, 3.05) is 13.2 Å². The summed E-state index contributed by atoms with van der Waals surface area (Å²) < 4.78 is 5.51. The van der Waals surface area contributed by atoms with Crippen LogP contribution in [0.4, 0.5) is 0 Å². The second-order valence-electron chi connectivity index (χ2n) is 24.2. The summed E-state index contributed by atoms with van der Waals surface area (Å²) in [4.78, 5) is 24.6. The van der Waals surface area contributed by atoms with E-state index in [0.717, 1.165) is 38.5 Å². The van der Waals surface area contributed by atoms with Gasteiger partial charge < -0.3 is 20.3 Å². The molecule has 0 radical (unpaired) electrons. The first-order chi connectivity index (χ1) is 38.5. The Bertz CT molecular complexity index is 1260. The number of aliphatic hydroxyl groups excluding tert-OH is 2. The fraction of sp³-hybridized carbons (Fsp3) is 0.889. The lowest BCUT2D eigenvalue weighted by atomic mass is 10.0. The summed E-state index contributed by atoms with van der Waals surface area (Å²) in [5, 5.41) is 23.1. The van der Waals surface area contributed by atoms with Crippen LogP contribution >= 0.6 is 0 Å². The van der Waals surface area contributed by atoms with Crippen LogP contribution in [0.1, 0.15) is 386 Å². The highest BCUT2D eigenvalue weighted by Gasteiger charge is 2.18. The van der Waals surface area contributed by atoms with Crippen LogP contribution < -0.4 is 5.32 Å². The number of amides is 1. The largest absolute Gasteiger partial charge is 0.466 e. The first-order valence-corrected chi connectivity index (χ1v) is 35.3. The molecule has 0 aromatic rings. The number of aliphatic hydroxyl groups is 2. The van der Waals surface area contributed by atoms with Crippen LogP contribution in [0.2, 0.25) is 0 Å². The predicted octanol–water partition coefficient (Wildman–Crippen LogP) is 22.7. The summed E-state index contributed by atoms with van der Waals surface area (Å²) in [6, 6.07) is -0.628. The van der Waals surface area contributed by atoms with E-state index < -0.39 is 12.1 Å². The fourth-order valence-corrected chi connectivity index (χ4v) is 11.0. The van der Waals surface area contributed by atoms with E-state index in [0.29, 0.717) is 19.4 Å². The molecule has 6 nitrogen and oxygen atoms in total. The van der Waals surface area contributed by atoms with Crippen LogP contribution in [0, 0.1) is 0 Å². The van der Waals surface area contributed by atoms with Gasteiger partial charge in [-0.25, -0.2) is 0 Å². The molecule has 78 heavy (non-hydrogen) atoms. The van der Waals surface area contributed by atoms with E-state index in [1.165, 1.54) is 321 Å². The Kier molecular flexibility index (Phi) is 65.9. The molecule has 0 aromatic carbocycles. The molecule has 1 amide bonds. The quantitative estimate of drug-likeness (QED) is 0.0320. The summed E-state index contributed by atoms with van der Waals surface area (Å²) in [5.74, 6) is -0.0509. The molecule has 0 aliphatic carbocycles. The minimum Gasteiger partial charge on any atom is -0.466 e. The SMILES string of the molecule is CCCCCCCC/C=C\CCCCCCCCCCCC(=O)OCCCCCCCCCCCCCC/C=C\CCCCCCCCCCCCCCC(=O)NC(CO)C(O)/C=C/CCCCCCCCCCCCCC. The normalized spacial score (nSPS) is 12.7. The topological polar surface area (TPSA) is 95.9 Å². The fourth-order valence-electron chi connectivity index (χ4n) is 11.0. The minimum absolute atomic E-state index is 0.0154. The van der Waals surface area contributed by atoms with Gasteiger partial charge in [0.1, 0.15) is 0 Å². The Morgan fingerprint density at radius 2 is 0.603 bits per heavy atom. The lowest BCUT2D eigenvalue weighted by Crippen LogP contribution is -2.45. The Balaban J connectivity index is 3.37. The zero-order valence-electron chi connectivity index (χ0n) is 52.7. The number of carbonyl (C=O) groups is 2. The third kappa shape index (κ3) is 63.3. The molecule has 6 heteroatoms. The smallest absolute Gasteiger partial charge is 0.305 e. The molecule has 0 fully saturated rings. The van der Waals surface area contributed by atoms with Gasteiger partial charge in [0.25, 0.3) is 0 Å². The molecule has 0 aliphatic rings. The van der Waals surface area contributed by atoms with E-state index in [1.54, 1.807) is 6.08 Å². The highest BCUT2D eigenvalue weighted by atomic mass is 16.5. The maximum Gasteiger partial charge on any atom is 0.305 e. The van der Waals surface area contributed by atoms with Gasteiger partial charge >= 0.3 is 5.97 Å². The van der Waals surface area contributed by atoms with Crippen LogP contribution in [-0.4, -0.2) is 47.4 Å². The first-order valence-electron chi connectivity index (χ1n) is 35.3. The maximum atomic E-state index is 12.5. The maximum absolute atomic E-state index is 12.5. The molecule has 0 saturated heterocycles. The third-order valence-electron chi connectivity index (χ3n) is 16.4. The third-order valence-corrected chi connectivity index (χ3v) is 16.4. The highest BCUT2D eigenvalue weighted by molar-refractivity contribution is 5.76. The molecule has 460 valence electrons. The van der Waals surface area contributed by atoms with Gasteiger partial charge in [0.15, 0.2) is 0 Å². The Morgan fingerprint density at radius 3 is 0.910 bits per heavy atom. The number of carbonyl (C=O) groups excluding carboxylic acids is 2. The Hall–Kier alpha value is -1.92. The molecule has 0 rings (SSSR count). The number of hydrogen-bond acceptors (Lipinski definition) is 5. The molecular formula is C72H137NO5. The van der Waals surface area contributed by atoms with E-state index >= 15 is 0 Å². The summed E-state index contributed by atoms with van der Waals surface area (Å²) >= 11 is 0. The van der Waals surface area contributed by atoms with Gasteiger partial charge in [-0.3, -0.25) is 9.59 Å². The average molecular weight is 1100 g/mol. The van der Waals surface area contributed by atoms with Crippen molar-refractivity contribution in [2.24, 2.45) is 0 Å². The van der Waals surface area contributed by atoms with Crippen molar-refractivity contribution < 1.29 is 24.5 Å². The monoisotopic (exact) mass is 1100 g/mol. The van der Waals surface area contributed by atoms with Gasteiger partial charge in [0, 0.05) is 12.8 Å². The second kappa shape index (κ2) is 67.6. The molecule has 0 bridgehead atoms. The van der Waals surface area contributed by atoms with Crippen LogP contribution in [-0.2, 0) is 14.3 Å². The van der Waals surface area contributed by atoms with Gasteiger partial charge in [-0.1, -0.05) is 326 Å². The van der Waals surface area contributed by atoms with E-state index in [9.17, 15) is 19.8 Å². The van der Waals surface area contributed by atoms with E-state index in [2.05, 4.69) is 43.5 Å². The van der Waals surface area contributed by atoms with Crippen molar-refractivity contribution in [3.63, 3.8) is 0 Å². The molecule has 0 aromatic heterocycles. The van der Waals surface area contributed by atoms with E-state index in [4.69, 9.17) is 4.74 Å². The molecular weight excluding hydrogens is 959 g/mol. The van der Waals surface area contributed by atoms with Gasteiger partial charge in [0.2, 0.25) is 5.91 Å². The van der Waals surface area contributed by atoms with Gasteiger partial charge in [-0.15, -0.1) is 0 Å². The van der Waals surface area contributed by atoms with Crippen molar-refractivity contribution in [3.05, 3.63) is 36.5 Å². The number of esters is 1. The Morgan fingerprint density at radius 1 is 0.346 bits per heavy atom. The number of allylic oxidation sites excluding steroid dienone is 5. The van der Waals surface area contributed by atoms with Gasteiger partial charge in [-0.05, 0) is 83.5 Å². The number of rotatable bonds is 66. The number of nitrogens with one attached hydrogen (secondary N) is 1. The standard InChI is InChI=1S/C72H137NO5/c1-3-5-7-9-11-13-15-17-19-20-31-35-38-42-46-50-54-58-62-66-72(77)78-67-63-59-55-51-47-43-39-36-33-30-28-26-24-22-21-23-25-27-29-32-34-37-41-45-49-53-57-61-65-71(76)73-69(68-74)70(75)64-60-56-52-48-44-40-18-16-14-12-10-8-6-4-2/h17,19,21-22,60,64,69-70,74-75H,3-16,18,20,23-59,61-63,65-68H2,1-2H3,(H,73,76)/b19-17-,22-21-,64-60+. The van der Waals surface area contributed by atoms with Crippen molar-refractivity contribution in [1.82, 2.24) is 5.32 Å². The second-order valence-corrected chi connectivity index (χ2v) is 24.2. The van der Waals surface area contributed by atoms with Crippen molar-refractivity contribution in [3.8, 4) is 0 Å². The van der Waals surface area contributed by atoms with E-state index in [1.807, 2.05) is 6.08 Å². The number of hydrogen-bond donors (Lipinski definition) is 3. The number of unbranched alkanes of at least 4 members (excludes halogenated alkanes) is 51. The molecule has 0 heterocycles. The summed E-state index contributed by atoms with van der Waals surface area (Å²) in [6.07, 6.45) is 86.5. The summed E-state index contributed by atoms with van der Waals surface area (Å²) in [5.41, 5.74) is 0. The van der Waals surface area contributed by atoms with E-state index in [-0.39, 0.29) is 18.5 Å². The van der Waals surface area contributed by atoms with Crippen molar-refractivity contribution >= 4 is 11.9 Å². The van der Waals surface area contributed by atoms with Gasteiger partial charge in [-0.2, -0.15) is 0 Å². The lowest BCUT2D eigenvalue weighted by Gasteiger charge is -2.20. The van der Waals surface area contributed by atoms with Crippen LogP contribution in [0.3, 0.4) is 0 Å². The van der Waals surface area contributed by atoms with Crippen LogP contribution in [0.25, 0.3) is 0 Å². The zero-order chi connectivity index (χ0) is 56.4. The molecule has 2 atom stereocenters. The minimum atomic E-state index is -0.844. The molecule has 0 saturated carbocycles. The van der Waals surface area contributed by atoms with Crippen molar-refractivity contribution in [1.29, 1.82) is 0 Å². The molecule has 0 spiro atoms. The lowest BCUT2D eigenvalue weighted by molar-refractivity contribution is -0.143. The molecule has 3 N–H and O–H groups in total. The Labute approximate surface area is 487 Å². The zero-order valence-corrected chi connectivity index (χ0v) is 52.7. The molecule has 2 unspecified atom stereocenters. The average Bonchev–Trinajstić information content (AvgIpc) is 3.44. The van der Waals surface area contributed by atoms with Crippen LogP contribution in [0.15, 0.2) is 36.5 Å². The summed E-state index contributed by atoms with van der Waals surface area (Å²) in [7, 11) is 0. The molecule has 0 aliphatic heterocycles. The predicted molar refractivity (Wildman–Crippen MR) is 343 cm³/mol. The van der Waals surface area contributed by atoms with Gasteiger partial charge in [0.05, 0.1) is 25.4 Å². The first kappa shape index (κ1) is 76.1. The van der Waals surface area contributed by atoms with Crippen LogP contribution in [0.5, 0.6) is 0 Å². The van der Waals surface area contributed by atoms with Crippen molar-refractivity contribution in [2.45, 2.75) is 398 Å². The number of ether oxygens (including phenoxy) is 1. The summed E-state index contributed by atoms with van der Waals surface area (Å²) in [6.45, 7) is 4.92.